The van der Waals surface area contributed by atoms with Gasteiger partial charge in [0.05, 0.1) is 6.07 Å². The summed E-state index contributed by atoms with van der Waals surface area (Å²) in [6.07, 6.45) is 7.46. The van der Waals surface area contributed by atoms with E-state index in [1.807, 2.05) is 11.8 Å². The first-order valence-electron chi connectivity index (χ1n) is 5.61. The Hall–Kier alpha value is -0.200. The van der Waals surface area contributed by atoms with Crippen LogP contribution in [0.25, 0.3) is 0 Å². The van der Waals surface area contributed by atoms with E-state index in [4.69, 9.17) is 0 Å². The Kier molecular flexibility index (Phi) is 3.35. The second kappa shape index (κ2) is 4.55. The minimum Gasteiger partial charge on any atom is -0.296 e. The van der Waals surface area contributed by atoms with Gasteiger partial charge in [0.15, 0.2) is 0 Å². The molecular formula is C11H18N2S. The second-order valence-corrected chi connectivity index (χ2v) is 5.58. The topological polar surface area (TPSA) is 35.8 Å². The molecule has 3 heteroatoms. The standard InChI is InChI=1S/C11H18N2S/c12-8-11(6-3-7-14-9-11)13-10-4-1-2-5-10/h10,13H,1-7,9H2. The van der Waals surface area contributed by atoms with E-state index in [2.05, 4.69) is 11.4 Å². The van der Waals surface area contributed by atoms with Crippen molar-refractivity contribution in [1.29, 1.82) is 5.26 Å². The molecule has 2 nitrogen and oxygen atoms in total. The average Bonchev–Trinajstić information content (AvgIpc) is 2.72. The SMILES string of the molecule is N#CC1(NC2CCCC2)CCCSC1. The highest BCUT2D eigenvalue weighted by atomic mass is 32.2. The van der Waals surface area contributed by atoms with Crippen LogP contribution in [0.5, 0.6) is 0 Å². The molecule has 1 N–H and O–H groups in total. The quantitative estimate of drug-likeness (QED) is 0.759. The van der Waals surface area contributed by atoms with Crippen molar-refractivity contribution in [2.75, 3.05) is 11.5 Å². The molecule has 2 aliphatic rings. The highest BCUT2D eigenvalue weighted by Crippen LogP contribution is 2.29. The summed E-state index contributed by atoms with van der Waals surface area (Å²) in [5, 5.41) is 12.9. The molecule has 1 unspecified atom stereocenters. The molecule has 1 atom stereocenters. The van der Waals surface area contributed by atoms with E-state index in [0.717, 1.165) is 12.2 Å². The zero-order valence-corrected chi connectivity index (χ0v) is 9.41. The maximum Gasteiger partial charge on any atom is 0.116 e. The molecule has 0 bridgehead atoms. The van der Waals surface area contributed by atoms with Crippen LogP contribution in [0.4, 0.5) is 0 Å². The minimum absolute atomic E-state index is 0.197. The van der Waals surface area contributed by atoms with E-state index < -0.39 is 0 Å². The Bertz CT molecular complexity index is 222. The van der Waals surface area contributed by atoms with Gasteiger partial charge in [-0.1, -0.05) is 12.8 Å². The molecule has 0 aromatic rings. The zero-order chi connectivity index (χ0) is 9.86. The molecule has 1 saturated carbocycles. The number of nitrogens with zero attached hydrogens (tertiary/aromatic N) is 1. The first kappa shape index (κ1) is 10.3. The van der Waals surface area contributed by atoms with Gasteiger partial charge in [-0.25, -0.2) is 0 Å². The highest BCUT2D eigenvalue weighted by Gasteiger charge is 2.34. The number of hydrogen-bond acceptors (Lipinski definition) is 3. The molecule has 2 rings (SSSR count). The van der Waals surface area contributed by atoms with Gasteiger partial charge < -0.3 is 0 Å². The molecule has 0 aromatic carbocycles. The van der Waals surface area contributed by atoms with Crippen LogP contribution in [0.3, 0.4) is 0 Å². The average molecular weight is 210 g/mol. The largest absolute Gasteiger partial charge is 0.296 e. The van der Waals surface area contributed by atoms with Gasteiger partial charge in [-0.3, -0.25) is 5.32 Å². The van der Waals surface area contributed by atoms with Crippen LogP contribution in [0.2, 0.25) is 0 Å². The normalized spacial score (nSPS) is 34.2. The maximum atomic E-state index is 9.28. The molecule has 0 radical (unpaired) electrons. The van der Waals surface area contributed by atoms with Gasteiger partial charge >= 0.3 is 0 Å². The molecule has 0 amide bonds. The lowest BCUT2D eigenvalue weighted by atomic mass is 9.95. The minimum atomic E-state index is -0.197. The van der Waals surface area contributed by atoms with Crippen molar-refractivity contribution in [2.24, 2.45) is 0 Å². The fourth-order valence-electron chi connectivity index (χ4n) is 2.49. The Morgan fingerprint density at radius 3 is 2.64 bits per heavy atom. The van der Waals surface area contributed by atoms with E-state index >= 15 is 0 Å². The van der Waals surface area contributed by atoms with Crippen LogP contribution in [-0.2, 0) is 0 Å². The fourth-order valence-corrected chi connectivity index (χ4v) is 3.62. The van der Waals surface area contributed by atoms with Gasteiger partial charge in [0.25, 0.3) is 0 Å². The van der Waals surface area contributed by atoms with Crippen molar-refractivity contribution in [3.63, 3.8) is 0 Å². The van der Waals surface area contributed by atoms with E-state index in [1.54, 1.807) is 0 Å². The van der Waals surface area contributed by atoms with E-state index in [-0.39, 0.29) is 5.54 Å². The number of rotatable bonds is 2. The van der Waals surface area contributed by atoms with Gasteiger partial charge in [-0.05, 0) is 31.4 Å². The predicted octanol–water partition coefficient (Wildman–Crippen LogP) is 2.31. The molecule has 78 valence electrons. The van der Waals surface area contributed by atoms with Crippen molar-refractivity contribution in [2.45, 2.75) is 50.1 Å². The Morgan fingerprint density at radius 1 is 1.29 bits per heavy atom. The van der Waals surface area contributed by atoms with Crippen LogP contribution in [0.15, 0.2) is 0 Å². The second-order valence-electron chi connectivity index (χ2n) is 4.48. The maximum absolute atomic E-state index is 9.28. The molecule has 14 heavy (non-hydrogen) atoms. The highest BCUT2D eigenvalue weighted by molar-refractivity contribution is 7.99. The predicted molar refractivity (Wildman–Crippen MR) is 60.3 cm³/mol. The van der Waals surface area contributed by atoms with Crippen molar-refractivity contribution < 1.29 is 0 Å². The smallest absolute Gasteiger partial charge is 0.116 e. The third-order valence-corrected chi connectivity index (χ3v) is 4.56. The van der Waals surface area contributed by atoms with Gasteiger partial charge in [-0.15, -0.1) is 0 Å². The summed E-state index contributed by atoms with van der Waals surface area (Å²) in [5.41, 5.74) is -0.197. The molecule has 0 aromatic heterocycles. The number of hydrogen-bond donors (Lipinski definition) is 1. The van der Waals surface area contributed by atoms with E-state index in [9.17, 15) is 5.26 Å². The van der Waals surface area contributed by atoms with Crippen molar-refractivity contribution in [1.82, 2.24) is 5.32 Å². The number of nitriles is 1. The lowest BCUT2D eigenvalue weighted by molar-refractivity contribution is 0.357. The molecule has 0 spiro atoms. The van der Waals surface area contributed by atoms with E-state index in [0.29, 0.717) is 6.04 Å². The van der Waals surface area contributed by atoms with Gasteiger partial charge in [-0.2, -0.15) is 17.0 Å². The third kappa shape index (κ3) is 2.24. The Labute approximate surface area is 90.4 Å². The van der Waals surface area contributed by atoms with Gasteiger partial charge in [0.1, 0.15) is 5.54 Å². The molecule has 1 aliphatic carbocycles. The third-order valence-electron chi connectivity index (χ3n) is 3.29. The number of nitrogens with one attached hydrogen (secondary N) is 1. The van der Waals surface area contributed by atoms with Crippen LogP contribution < -0.4 is 5.32 Å². The lowest BCUT2D eigenvalue weighted by Crippen LogP contribution is -2.52. The molecule has 1 aliphatic heterocycles. The van der Waals surface area contributed by atoms with E-state index in [1.165, 1.54) is 37.9 Å². The van der Waals surface area contributed by atoms with Crippen molar-refractivity contribution in [3.8, 4) is 6.07 Å². The molecular weight excluding hydrogens is 192 g/mol. The van der Waals surface area contributed by atoms with Crippen LogP contribution in [0.1, 0.15) is 38.5 Å². The summed E-state index contributed by atoms with van der Waals surface area (Å²) in [4.78, 5) is 0. The van der Waals surface area contributed by atoms with Crippen LogP contribution in [-0.4, -0.2) is 23.1 Å². The zero-order valence-electron chi connectivity index (χ0n) is 8.59. The monoisotopic (exact) mass is 210 g/mol. The first-order valence-corrected chi connectivity index (χ1v) is 6.77. The summed E-state index contributed by atoms with van der Waals surface area (Å²) in [6.45, 7) is 0. The Morgan fingerprint density at radius 2 is 2.07 bits per heavy atom. The lowest BCUT2D eigenvalue weighted by Gasteiger charge is -2.34. The molecule has 2 fully saturated rings. The summed E-state index contributed by atoms with van der Waals surface area (Å²) < 4.78 is 0. The van der Waals surface area contributed by atoms with Crippen molar-refractivity contribution in [3.05, 3.63) is 0 Å². The summed E-state index contributed by atoms with van der Waals surface area (Å²) in [7, 11) is 0. The van der Waals surface area contributed by atoms with Crippen LogP contribution >= 0.6 is 11.8 Å². The molecule has 1 saturated heterocycles. The summed E-state index contributed by atoms with van der Waals surface area (Å²) in [6, 6.07) is 3.13. The van der Waals surface area contributed by atoms with Gasteiger partial charge in [0.2, 0.25) is 0 Å². The Balaban J connectivity index is 1.93. The summed E-state index contributed by atoms with van der Waals surface area (Å²) in [5.74, 6) is 2.22. The van der Waals surface area contributed by atoms with Gasteiger partial charge in [0, 0.05) is 11.8 Å². The summed E-state index contributed by atoms with van der Waals surface area (Å²) >= 11 is 1.92. The van der Waals surface area contributed by atoms with Crippen LogP contribution in [0, 0.1) is 11.3 Å². The molecule has 1 heterocycles. The first-order chi connectivity index (χ1) is 6.85. The number of thioether (sulfide) groups is 1. The van der Waals surface area contributed by atoms with Crippen molar-refractivity contribution >= 4 is 11.8 Å². The fraction of sp³-hybridized carbons (Fsp3) is 0.909.